The van der Waals surface area contributed by atoms with Crippen LogP contribution in [0.25, 0.3) is 0 Å². The minimum atomic E-state index is 0.130. The normalized spacial score (nSPS) is 22.0. The third-order valence-corrected chi connectivity index (χ3v) is 3.24. The van der Waals surface area contributed by atoms with Crippen LogP contribution in [0.2, 0.25) is 5.02 Å². The molecule has 86 valence electrons. The Morgan fingerprint density at radius 3 is 2.94 bits per heavy atom. The summed E-state index contributed by atoms with van der Waals surface area (Å²) in [5.74, 6) is 0.182. The Kier molecular flexibility index (Phi) is 3.46. The van der Waals surface area contributed by atoms with E-state index < -0.39 is 0 Å². The summed E-state index contributed by atoms with van der Waals surface area (Å²) >= 11 is 6.15. The third-order valence-electron chi connectivity index (χ3n) is 2.89. The summed E-state index contributed by atoms with van der Waals surface area (Å²) in [6, 6.07) is 7.90. The van der Waals surface area contributed by atoms with E-state index in [4.69, 9.17) is 11.6 Å². The topological polar surface area (TPSA) is 32.3 Å². The van der Waals surface area contributed by atoms with Gasteiger partial charge in [-0.2, -0.15) is 0 Å². The van der Waals surface area contributed by atoms with Crippen LogP contribution in [0.15, 0.2) is 24.3 Å². The predicted octanol–water partition coefficient (Wildman–Crippen LogP) is 1.83. The van der Waals surface area contributed by atoms with Crippen molar-refractivity contribution in [3.05, 3.63) is 34.9 Å². The van der Waals surface area contributed by atoms with Gasteiger partial charge < -0.3 is 10.2 Å². The molecular formula is C12H15ClN2O. The monoisotopic (exact) mass is 238 g/mol. The lowest BCUT2D eigenvalue weighted by molar-refractivity contribution is -0.129. The van der Waals surface area contributed by atoms with E-state index in [0.717, 1.165) is 10.6 Å². The number of hydrogen-bond acceptors (Lipinski definition) is 2. The van der Waals surface area contributed by atoms with Crippen molar-refractivity contribution in [3.63, 3.8) is 0 Å². The van der Waals surface area contributed by atoms with Gasteiger partial charge in [-0.3, -0.25) is 4.79 Å². The average molecular weight is 239 g/mol. The molecule has 2 rings (SSSR count). The fourth-order valence-electron chi connectivity index (χ4n) is 1.95. The number of amides is 1. The molecule has 1 atom stereocenters. The summed E-state index contributed by atoms with van der Waals surface area (Å²) in [6.45, 7) is 1.38. The molecule has 1 unspecified atom stereocenters. The van der Waals surface area contributed by atoms with E-state index >= 15 is 0 Å². The first-order valence-corrected chi connectivity index (χ1v) is 5.78. The minimum absolute atomic E-state index is 0.130. The Bertz CT molecular complexity index is 394. The molecule has 1 N–H and O–H groups in total. The van der Waals surface area contributed by atoms with Crippen LogP contribution in [0.3, 0.4) is 0 Å². The Labute approximate surface area is 100 Å². The highest BCUT2D eigenvalue weighted by Gasteiger charge is 2.22. The molecule has 1 fully saturated rings. The number of nitrogens with one attached hydrogen (secondary N) is 1. The number of hydrogen-bond donors (Lipinski definition) is 1. The molecule has 16 heavy (non-hydrogen) atoms. The van der Waals surface area contributed by atoms with Crippen LogP contribution < -0.4 is 5.32 Å². The molecule has 0 bridgehead atoms. The number of benzene rings is 1. The molecule has 0 radical (unpaired) electrons. The molecule has 1 heterocycles. The van der Waals surface area contributed by atoms with Gasteiger partial charge in [0.05, 0.1) is 6.04 Å². The van der Waals surface area contributed by atoms with Crippen LogP contribution in [0.4, 0.5) is 0 Å². The SMILES string of the molecule is CN1CC(c2ccccc2Cl)NCCC1=O. The Balaban J connectivity index is 2.21. The number of rotatable bonds is 1. The second-order valence-corrected chi connectivity index (χ2v) is 4.46. The Morgan fingerprint density at radius 2 is 2.19 bits per heavy atom. The Hall–Kier alpha value is -1.06. The Morgan fingerprint density at radius 1 is 1.44 bits per heavy atom. The molecular weight excluding hydrogens is 224 g/mol. The van der Waals surface area contributed by atoms with Gasteiger partial charge in [0.1, 0.15) is 0 Å². The van der Waals surface area contributed by atoms with Gasteiger partial charge in [-0.15, -0.1) is 0 Å². The van der Waals surface area contributed by atoms with Gasteiger partial charge in [0.2, 0.25) is 5.91 Å². The van der Waals surface area contributed by atoms with Crippen molar-refractivity contribution in [1.82, 2.24) is 10.2 Å². The van der Waals surface area contributed by atoms with E-state index in [1.165, 1.54) is 0 Å². The molecule has 1 aliphatic heterocycles. The minimum Gasteiger partial charge on any atom is -0.344 e. The average Bonchev–Trinajstić information content (AvgIpc) is 2.43. The fourth-order valence-corrected chi connectivity index (χ4v) is 2.22. The van der Waals surface area contributed by atoms with Crippen LogP contribution >= 0.6 is 11.6 Å². The maximum absolute atomic E-state index is 11.5. The van der Waals surface area contributed by atoms with Crippen LogP contribution in [-0.4, -0.2) is 30.9 Å². The van der Waals surface area contributed by atoms with Gasteiger partial charge in [0, 0.05) is 31.6 Å². The molecule has 3 nitrogen and oxygen atoms in total. The zero-order chi connectivity index (χ0) is 11.5. The summed E-state index contributed by atoms with van der Waals surface area (Å²) in [5, 5.41) is 4.11. The van der Waals surface area contributed by atoms with Crippen LogP contribution in [0.5, 0.6) is 0 Å². The van der Waals surface area contributed by atoms with E-state index in [0.29, 0.717) is 19.5 Å². The molecule has 0 aliphatic carbocycles. The molecule has 1 aliphatic rings. The standard InChI is InChI=1S/C12H15ClN2O/c1-15-8-11(14-7-6-12(15)16)9-4-2-3-5-10(9)13/h2-5,11,14H,6-8H2,1H3. The van der Waals surface area contributed by atoms with Crippen molar-refractivity contribution in [2.75, 3.05) is 20.1 Å². The van der Waals surface area contributed by atoms with Gasteiger partial charge in [-0.25, -0.2) is 0 Å². The van der Waals surface area contributed by atoms with Gasteiger partial charge >= 0.3 is 0 Å². The third kappa shape index (κ3) is 2.36. The highest BCUT2D eigenvalue weighted by atomic mass is 35.5. The van der Waals surface area contributed by atoms with Crippen molar-refractivity contribution in [2.45, 2.75) is 12.5 Å². The lowest BCUT2D eigenvalue weighted by atomic mass is 10.1. The summed E-state index contributed by atoms with van der Waals surface area (Å²) in [5.41, 5.74) is 1.06. The zero-order valence-electron chi connectivity index (χ0n) is 9.24. The van der Waals surface area contributed by atoms with Crippen molar-refractivity contribution < 1.29 is 4.79 Å². The lowest BCUT2D eigenvalue weighted by Gasteiger charge is -2.21. The molecule has 1 amide bonds. The molecule has 0 aromatic heterocycles. The van der Waals surface area contributed by atoms with Crippen molar-refractivity contribution in [1.29, 1.82) is 0 Å². The summed E-state index contributed by atoms with van der Waals surface area (Å²) in [7, 11) is 1.83. The maximum Gasteiger partial charge on any atom is 0.223 e. The van der Waals surface area contributed by atoms with Crippen molar-refractivity contribution in [3.8, 4) is 0 Å². The quantitative estimate of drug-likeness (QED) is 0.810. The number of nitrogens with zero attached hydrogens (tertiary/aromatic N) is 1. The summed E-state index contributed by atoms with van der Waals surface area (Å²) < 4.78 is 0. The molecule has 0 spiro atoms. The summed E-state index contributed by atoms with van der Waals surface area (Å²) in [4.78, 5) is 13.3. The van der Waals surface area contributed by atoms with Gasteiger partial charge in [0.15, 0.2) is 0 Å². The van der Waals surface area contributed by atoms with Crippen molar-refractivity contribution in [2.24, 2.45) is 0 Å². The van der Waals surface area contributed by atoms with E-state index in [9.17, 15) is 4.79 Å². The first kappa shape index (κ1) is 11.4. The van der Waals surface area contributed by atoms with Crippen LogP contribution in [0, 0.1) is 0 Å². The second kappa shape index (κ2) is 4.85. The highest BCUT2D eigenvalue weighted by Crippen LogP contribution is 2.24. The van der Waals surface area contributed by atoms with Crippen LogP contribution in [-0.2, 0) is 4.79 Å². The predicted molar refractivity (Wildman–Crippen MR) is 64.4 cm³/mol. The van der Waals surface area contributed by atoms with E-state index in [2.05, 4.69) is 5.32 Å². The molecule has 1 aromatic rings. The molecule has 1 aromatic carbocycles. The lowest BCUT2D eigenvalue weighted by Crippen LogP contribution is -2.31. The number of halogens is 1. The first-order chi connectivity index (χ1) is 7.68. The maximum atomic E-state index is 11.5. The van der Waals surface area contributed by atoms with Gasteiger partial charge in [0.25, 0.3) is 0 Å². The number of carbonyl (C=O) groups excluding carboxylic acids is 1. The second-order valence-electron chi connectivity index (χ2n) is 4.05. The first-order valence-electron chi connectivity index (χ1n) is 5.40. The zero-order valence-corrected chi connectivity index (χ0v) is 10.00. The molecule has 0 saturated carbocycles. The number of likely N-dealkylation sites (N-methyl/N-ethyl adjacent to an activating group) is 1. The van der Waals surface area contributed by atoms with Crippen LogP contribution in [0.1, 0.15) is 18.0 Å². The van der Waals surface area contributed by atoms with Crippen molar-refractivity contribution >= 4 is 17.5 Å². The fraction of sp³-hybridized carbons (Fsp3) is 0.417. The number of carbonyl (C=O) groups is 1. The smallest absolute Gasteiger partial charge is 0.223 e. The van der Waals surface area contributed by atoms with E-state index in [1.54, 1.807) is 4.90 Å². The van der Waals surface area contributed by atoms with E-state index in [-0.39, 0.29) is 11.9 Å². The summed E-state index contributed by atoms with van der Waals surface area (Å²) in [6.07, 6.45) is 0.553. The van der Waals surface area contributed by atoms with Gasteiger partial charge in [-0.1, -0.05) is 29.8 Å². The largest absolute Gasteiger partial charge is 0.344 e. The highest BCUT2D eigenvalue weighted by molar-refractivity contribution is 6.31. The van der Waals surface area contributed by atoms with Gasteiger partial charge in [-0.05, 0) is 11.6 Å². The molecule has 4 heteroatoms. The van der Waals surface area contributed by atoms with E-state index in [1.807, 2.05) is 31.3 Å². The molecule has 1 saturated heterocycles.